The molecule has 4 aromatic rings. The number of hydrogen-bond donors (Lipinski definition) is 5. The number of carbonyl (C=O) groups excluding carboxylic acids is 3. The van der Waals surface area contributed by atoms with Crippen LogP contribution >= 0.6 is 0 Å². The highest BCUT2D eigenvalue weighted by Gasteiger charge is 2.34. The Balaban J connectivity index is 1.34. The van der Waals surface area contributed by atoms with E-state index in [0.717, 1.165) is 5.56 Å². The monoisotopic (exact) mass is 669 g/mol. The number of nitrogens with two attached hydrogens (primary N) is 1. The minimum Gasteiger partial charge on any atom is -0.486 e. The molecule has 6 N–H and O–H groups in total. The Bertz CT molecular complexity index is 1790. The van der Waals surface area contributed by atoms with Gasteiger partial charge >= 0.3 is 6.03 Å². The van der Waals surface area contributed by atoms with Gasteiger partial charge in [-0.3, -0.25) is 14.5 Å². The predicted molar refractivity (Wildman–Crippen MR) is 188 cm³/mol. The summed E-state index contributed by atoms with van der Waals surface area (Å²) < 4.78 is 11.8. The fourth-order valence-corrected chi connectivity index (χ4v) is 5.74. The predicted octanol–water partition coefficient (Wildman–Crippen LogP) is 5.12. The lowest BCUT2D eigenvalue weighted by atomic mass is 9.98. The average Bonchev–Trinajstić information content (AvgIpc) is 3.39. The van der Waals surface area contributed by atoms with Crippen molar-refractivity contribution in [1.82, 2.24) is 15.0 Å². The number of rotatable bonds is 10. The third-order valence-corrected chi connectivity index (χ3v) is 8.58. The summed E-state index contributed by atoms with van der Waals surface area (Å²) in [5.41, 5.74) is 10.1. The quantitative estimate of drug-likeness (QED) is 0.144. The van der Waals surface area contributed by atoms with E-state index < -0.39 is 18.2 Å². The summed E-state index contributed by atoms with van der Waals surface area (Å²) in [4.78, 5) is 43.5. The molecular formula is C36H43N7O6. The number of carbonyl (C=O) groups is 3. The second-order valence-corrected chi connectivity index (χ2v) is 12.5. The number of aliphatic hydroxyl groups excluding tert-OH is 1. The van der Waals surface area contributed by atoms with Gasteiger partial charge in [-0.2, -0.15) is 0 Å². The van der Waals surface area contributed by atoms with Crippen LogP contribution in [0.5, 0.6) is 5.75 Å². The van der Waals surface area contributed by atoms with Gasteiger partial charge in [0.25, 0.3) is 11.8 Å². The zero-order valence-corrected chi connectivity index (χ0v) is 28.3. The van der Waals surface area contributed by atoms with Crippen molar-refractivity contribution in [3.05, 3.63) is 94.9 Å². The average molecular weight is 670 g/mol. The molecule has 0 saturated carbocycles. The fourth-order valence-electron chi connectivity index (χ4n) is 5.74. The third kappa shape index (κ3) is 8.19. The van der Waals surface area contributed by atoms with Crippen molar-refractivity contribution >= 4 is 40.6 Å². The molecule has 2 heterocycles. The SMILES string of the molecule is Cc1noc(C)c1NC(=O)Nc1cccc2c1O[C@H](CN(C)Cc1ccc(C(=O)Nc3ccccc3N)cc1)[C@H](C)CN([C@@H](C)CO)C2=O. The number of aliphatic hydroxyl groups is 1. The van der Waals surface area contributed by atoms with Gasteiger partial charge in [0.2, 0.25) is 0 Å². The van der Waals surface area contributed by atoms with Crippen LogP contribution in [0.3, 0.4) is 0 Å². The summed E-state index contributed by atoms with van der Waals surface area (Å²) in [7, 11) is 1.97. The van der Waals surface area contributed by atoms with Crippen molar-refractivity contribution in [2.45, 2.75) is 46.4 Å². The number of likely N-dealkylation sites (N-methyl/N-ethyl adjacent to an activating group) is 1. The van der Waals surface area contributed by atoms with E-state index in [2.05, 4.69) is 26.0 Å². The number of nitrogens with one attached hydrogen (secondary N) is 3. The molecule has 0 bridgehead atoms. The summed E-state index contributed by atoms with van der Waals surface area (Å²) in [5.74, 6) is 0.00623. The van der Waals surface area contributed by atoms with Crippen LogP contribution in [0.25, 0.3) is 0 Å². The fraction of sp³-hybridized carbons (Fsp3) is 0.333. The van der Waals surface area contributed by atoms with E-state index in [4.69, 9.17) is 15.0 Å². The molecule has 1 aromatic heterocycles. The summed E-state index contributed by atoms with van der Waals surface area (Å²) in [6, 6.07) is 18.5. The number of amides is 4. The van der Waals surface area contributed by atoms with Gasteiger partial charge in [0.05, 0.1) is 35.3 Å². The summed E-state index contributed by atoms with van der Waals surface area (Å²) >= 11 is 0. The minimum absolute atomic E-state index is 0.144. The topological polar surface area (TPSA) is 175 Å². The lowest BCUT2D eigenvalue weighted by Gasteiger charge is -2.38. The first-order valence-corrected chi connectivity index (χ1v) is 16.1. The number of urea groups is 1. The van der Waals surface area contributed by atoms with E-state index in [0.29, 0.717) is 59.4 Å². The van der Waals surface area contributed by atoms with Crippen molar-refractivity contribution in [1.29, 1.82) is 0 Å². The molecule has 0 aliphatic carbocycles. The Labute approximate surface area is 285 Å². The molecule has 49 heavy (non-hydrogen) atoms. The summed E-state index contributed by atoms with van der Waals surface area (Å²) in [6.45, 7) is 8.41. The summed E-state index contributed by atoms with van der Waals surface area (Å²) in [5, 5.41) is 22.3. The first-order valence-electron chi connectivity index (χ1n) is 16.1. The number of aromatic nitrogens is 1. The molecule has 13 nitrogen and oxygen atoms in total. The van der Waals surface area contributed by atoms with E-state index in [1.807, 2.05) is 32.2 Å². The number of para-hydroxylation sites is 3. The number of aryl methyl sites for hydroxylation is 2. The van der Waals surface area contributed by atoms with Crippen LogP contribution in [0.1, 0.15) is 51.6 Å². The largest absolute Gasteiger partial charge is 0.486 e. The van der Waals surface area contributed by atoms with Crippen LogP contribution in [-0.4, -0.2) is 76.8 Å². The van der Waals surface area contributed by atoms with Crippen LogP contribution in [-0.2, 0) is 6.54 Å². The van der Waals surface area contributed by atoms with Gasteiger partial charge < -0.3 is 41.0 Å². The third-order valence-electron chi connectivity index (χ3n) is 8.58. The molecule has 258 valence electrons. The molecule has 0 unspecified atom stereocenters. The first-order chi connectivity index (χ1) is 23.4. The second-order valence-electron chi connectivity index (χ2n) is 12.5. The van der Waals surface area contributed by atoms with Crippen molar-refractivity contribution in [2.24, 2.45) is 5.92 Å². The standard InChI is InChI=1S/C36H43N7O6/c1-21-17-43(22(2)20-44)35(46)27-9-8-12-30(39-36(47)40-32-23(3)41-49-24(32)4)33(27)48-31(21)19-42(5)18-25-13-15-26(16-14-25)34(45)38-29-11-7-6-10-28(29)37/h6-16,21-22,31,44H,17-20,37H2,1-5H3,(H,38,45)(H2,39,40,47)/t21-,22+,31-/m1/s1. The number of hydrogen-bond acceptors (Lipinski definition) is 9. The van der Waals surface area contributed by atoms with Gasteiger partial charge in [0.15, 0.2) is 11.5 Å². The first kappa shape index (κ1) is 34.9. The molecule has 0 saturated heterocycles. The smallest absolute Gasteiger partial charge is 0.323 e. The van der Waals surface area contributed by atoms with Crippen LogP contribution in [0, 0.1) is 19.8 Å². The number of nitrogens with zero attached hydrogens (tertiary/aromatic N) is 3. The second kappa shape index (κ2) is 15.2. The Hall–Kier alpha value is -5.40. The number of ether oxygens (including phenoxy) is 1. The van der Waals surface area contributed by atoms with Gasteiger partial charge in [-0.25, -0.2) is 4.79 Å². The lowest BCUT2D eigenvalue weighted by Crippen LogP contribution is -2.49. The van der Waals surface area contributed by atoms with Crippen molar-refractivity contribution in [3.8, 4) is 5.75 Å². The van der Waals surface area contributed by atoms with Gasteiger partial charge in [-0.1, -0.05) is 42.4 Å². The Kier molecular flexibility index (Phi) is 10.8. The molecule has 4 amide bonds. The number of benzene rings is 3. The number of fused-ring (bicyclic) bond motifs is 1. The van der Waals surface area contributed by atoms with Crippen molar-refractivity contribution in [3.63, 3.8) is 0 Å². The highest BCUT2D eigenvalue weighted by molar-refractivity contribution is 6.06. The molecule has 5 rings (SSSR count). The maximum Gasteiger partial charge on any atom is 0.323 e. The van der Waals surface area contributed by atoms with Gasteiger partial charge in [0, 0.05) is 31.1 Å². The van der Waals surface area contributed by atoms with E-state index in [-0.39, 0.29) is 35.7 Å². The molecule has 0 fully saturated rings. The van der Waals surface area contributed by atoms with E-state index in [9.17, 15) is 19.5 Å². The van der Waals surface area contributed by atoms with Crippen molar-refractivity contribution < 1.29 is 28.8 Å². The molecule has 0 spiro atoms. The zero-order chi connectivity index (χ0) is 35.2. The minimum atomic E-state index is -0.549. The van der Waals surface area contributed by atoms with Crippen LogP contribution in [0.15, 0.2) is 71.3 Å². The summed E-state index contributed by atoms with van der Waals surface area (Å²) in [6.07, 6.45) is -0.403. The number of anilines is 4. The zero-order valence-electron chi connectivity index (χ0n) is 28.3. The van der Waals surface area contributed by atoms with Crippen LogP contribution < -0.4 is 26.4 Å². The Morgan fingerprint density at radius 3 is 2.43 bits per heavy atom. The van der Waals surface area contributed by atoms with Crippen LogP contribution in [0.4, 0.5) is 27.5 Å². The highest BCUT2D eigenvalue weighted by Crippen LogP contribution is 2.35. The van der Waals surface area contributed by atoms with E-state index in [1.54, 1.807) is 74.2 Å². The Morgan fingerprint density at radius 2 is 1.76 bits per heavy atom. The lowest BCUT2D eigenvalue weighted by molar-refractivity contribution is 0.0343. The molecular weight excluding hydrogens is 626 g/mol. The molecule has 1 aliphatic rings. The van der Waals surface area contributed by atoms with Crippen molar-refractivity contribution in [2.75, 3.05) is 48.4 Å². The maximum absolute atomic E-state index is 13.8. The molecule has 3 atom stereocenters. The number of nitrogen functional groups attached to an aromatic ring is 1. The van der Waals surface area contributed by atoms with Gasteiger partial charge in [0.1, 0.15) is 17.5 Å². The molecule has 3 aromatic carbocycles. The molecule has 13 heteroatoms. The highest BCUT2D eigenvalue weighted by atomic mass is 16.5. The van der Waals surface area contributed by atoms with E-state index in [1.165, 1.54) is 0 Å². The Morgan fingerprint density at radius 1 is 1.04 bits per heavy atom. The molecule has 1 aliphatic heterocycles. The van der Waals surface area contributed by atoms with E-state index >= 15 is 0 Å². The molecule has 0 radical (unpaired) electrons. The van der Waals surface area contributed by atoms with Gasteiger partial charge in [-0.05, 0) is 69.8 Å². The van der Waals surface area contributed by atoms with Crippen LogP contribution in [0.2, 0.25) is 0 Å². The normalized spacial score (nSPS) is 16.6. The maximum atomic E-state index is 13.8. The van der Waals surface area contributed by atoms with Gasteiger partial charge in [-0.15, -0.1) is 0 Å².